The fourth-order valence-electron chi connectivity index (χ4n) is 7.95. The second-order valence-corrected chi connectivity index (χ2v) is 13.2. The molecular weight excluding hydrogens is 617 g/mol. The predicted octanol–water partition coefficient (Wildman–Crippen LogP) is 14.2. The van der Waals surface area contributed by atoms with Crippen LogP contribution in [0, 0.1) is 0 Å². The molecule has 0 spiro atoms. The number of hydrogen-bond acceptors (Lipinski definition) is 1. The first kappa shape index (κ1) is 29.2. The predicted molar refractivity (Wildman–Crippen MR) is 216 cm³/mol. The van der Waals surface area contributed by atoms with Crippen molar-refractivity contribution in [2.75, 3.05) is 0 Å². The van der Waals surface area contributed by atoms with Gasteiger partial charge in [-0.2, -0.15) is 0 Å². The van der Waals surface area contributed by atoms with Gasteiger partial charge in [0.05, 0.1) is 0 Å². The Morgan fingerprint density at radius 2 is 0.667 bits per heavy atom. The Bertz CT molecular complexity index is 2820. The number of para-hydroxylation sites is 2. The van der Waals surface area contributed by atoms with Gasteiger partial charge in [0.25, 0.3) is 0 Å². The van der Waals surface area contributed by atoms with Gasteiger partial charge in [0.2, 0.25) is 0 Å². The van der Waals surface area contributed by atoms with Crippen molar-refractivity contribution < 1.29 is 4.42 Å². The van der Waals surface area contributed by atoms with E-state index in [1.807, 2.05) is 12.1 Å². The van der Waals surface area contributed by atoms with E-state index < -0.39 is 0 Å². The third-order valence-electron chi connectivity index (χ3n) is 10.3. The van der Waals surface area contributed by atoms with Gasteiger partial charge >= 0.3 is 0 Å². The van der Waals surface area contributed by atoms with Crippen LogP contribution in [0.1, 0.15) is 0 Å². The Balaban J connectivity index is 1.13. The van der Waals surface area contributed by atoms with Crippen molar-refractivity contribution in [3.05, 3.63) is 194 Å². The van der Waals surface area contributed by atoms with Crippen molar-refractivity contribution in [1.29, 1.82) is 0 Å². The molecule has 0 aliphatic heterocycles. The van der Waals surface area contributed by atoms with Gasteiger partial charge < -0.3 is 4.42 Å². The third-order valence-corrected chi connectivity index (χ3v) is 10.3. The van der Waals surface area contributed by atoms with Gasteiger partial charge in [0.15, 0.2) is 0 Å². The van der Waals surface area contributed by atoms with Crippen LogP contribution in [0.15, 0.2) is 199 Å². The van der Waals surface area contributed by atoms with Crippen LogP contribution in [-0.4, -0.2) is 0 Å². The van der Waals surface area contributed by atoms with Crippen LogP contribution in [0.3, 0.4) is 0 Å². The Morgan fingerprint density at radius 1 is 0.235 bits per heavy atom. The zero-order valence-electron chi connectivity index (χ0n) is 27.9. The highest BCUT2D eigenvalue weighted by Gasteiger charge is 2.19. The average molecular weight is 649 g/mol. The minimum Gasteiger partial charge on any atom is -0.455 e. The van der Waals surface area contributed by atoms with Crippen molar-refractivity contribution in [1.82, 2.24) is 0 Å². The van der Waals surface area contributed by atoms with Crippen LogP contribution in [0.5, 0.6) is 0 Å². The van der Waals surface area contributed by atoms with Crippen molar-refractivity contribution >= 4 is 43.5 Å². The van der Waals surface area contributed by atoms with E-state index in [4.69, 9.17) is 4.42 Å². The maximum Gasteiger partial charge on any atom is 0.143 e. The Hall–Kier alpha value is -6.70. The fourth-order valence-corrected chi connectivity index (χ4v) is 7.95. The summed E-state index contributed by atoms with van der Waals surface area (Å²) in [5.41, 5.74) is 13.9. The van der Waals surface area contributed by atoms with Crippen molar-refractivity contribution in [3.63, 3.8) is 0 Å². The van der Waals surface area contributed by atoms with Gasteiger partial charge in [0.1, 0.15) is 11.2 Å². The summed E-state index contributed by atoms with van der Waals surface area (Å²) >= 11 is 0. The van der Waals surface area contributed by atoms with Gasteiger partial charge in [-0.25, -0.2) is 0 Å². The lowest BCUT2D eigenvalue weighted by atomic mass is 9.83. The molecule has 51 heavy (non-hydrogen) atoms. The van der Waals surface area contributed by atoms with Crippen LogP contribution in [0.25, 0.3) is 99.1 Å². The molecule has 9 aromatic carbocycles. The number of benzene rings is 9. The molecule has 0 aliphatic rings. The molecule has 10 rings (SSSR count). The average Bonchev–Trinajstić information content (AvgIpc) is 3.60. The summed E-state index contributed by atoms with van der Waals surface area (Å²) in [6.07, 6.45) is 0. The molecule has 0 saturated heterocycles. The van der Waals surface area contributed by atoms with Gasteiger partial charge in [0, 0.05) is 16.3 Å². The maximum atomic E-state index is 6.39. The normalized spacial score (nSPS) is 11.5. The van der Waals surface area contributed by atoms with E-state index in [2.05, 4.69) is 182 Å². The van der Waals surface area contributed by atoms with E-state index in [1.54, 1.807) is 0 Å². The molecule has 1 aromatic heterocycles. The van der Waals surface area contributed by atoms with E-state index >= 15 is 0 Å². The SMILES string of the molecule is c1ccc(-c2ccc(-c3ccccc3-c3c4ccccc4c(-c4ccc(-c5cccc6c5oc5ccccc56)cc4)c4ccccc34)cc2)cc1. The summed E-state index contributed by atoms with van der Waals surface area (Å²) in [5, 5.41) is 7.27. The molecule has 238 valence electrons. The smallest absolute Gasteiger partial charge is 0.143 e. The number of furan rings is 1. The van der Waals surface area contributed by atoms with Crippen LogP contribution in [0.4, 0.5) is 0 Å². The van der Waals surface area contributed by atoms with E-state index in [0.717, 1.165) is 33.1 Å². The molecule has 0 bridgehead atoms. The van der Waals surface area contributed by atoms with E-state index in [0.29, 0.717) is 0 Å². The molecule has 0 unspecified atom stereocenters. The highest BCUT2D eigenvalue weighted by molar-refractivity contribution is 6.22. The second kappa shape index (κ2) is 12.0. The first-order chi connectivity index (χ1) is 25.3. The standard InChI is InChI=1S/C50H32O/c1-2-13-33(14-3-1)34-25-27-35(28-26-34)38-15-4-5-17-41(38)49-44-20-8-6-18-42(44)48(43-19-7-9-21-45(43)49)37-31-29-36(30-32-37)39-22-12-23-46-40-16-10-11-24-47(40)51-50(39)46/h1-32H. The van der Waals surface area contributed by atoms with E-state index in [9.17, 15) is 0 Å². The Kier molecular flexibility index (Phi) is 6.89. The van der Waals surface area contributed by atoms with Crippen LogP contribution in [0.2, 0.25) is 0 Å². The number of rotatable bonds is 5. The first-order valence-electron chi connectivity index (χ1n) is 17.5. The summed E-state index contributed by atoms with van der Waals surface area (Å²) < 4.78 is 6.39. The zero-order chi connectivity index (χ0) is 33.7. The third kappa shape index (κ3) is 4.86. The summed E-state index contributed by atoms with van der Waals surface area (Å²) in [7, 11) is 0. The summed E-state index contributed by atoms with van der Waals surface area (Å²) in [5.74, 6) is 0. The lowest BCUT2D eigenvalue weighted by Gasteiger charge is -2.20. The lowest BCUT2D eigenvalue weighted by molar-refractivity contribution is 0.670. The first-order valence-corrected chi connectivity index (χ1v) is 17.5. The quantitative estimate of drug-likeness (QED) is 0.169. The fraction of sp³-hybridized carbons (Fsp3) is 0. The molecule has 0 atom stereocenters. The van der Waals surface area contributed by atoms with Gasteiger partial charge in [-0.1, -0.05) is 188 Å². The maximum absolute atomic E-state index is 6.39. The van der Waals surface area contributed by atoms with Crippen molar-refractivity contribution in [2.45, 2.75) is 0 Å². The Labute approximate surface area is 296 Å². The molecule has 0 saturated carbocycles. The monoisotopic (exact) mass is 648 g/mol. The largest absolute Gasteiger partial charge is 0.455 e. The zero-order valence-corrected chi connectivity index (χ0v) is 27.9. The molecule has 1 heterocycles. The van der Waals surface area contributed by atoms with Gasteiger partial charge in [-0.3, -0.25) is 0 Å². The molecule has 0 radical (unpaired) electrons. The highest BCUT2D eigenvalue weighted by Crippen LogP contribution is 2.46. The molecule has 0 fully saturated rings. The summed E-state index contributed by atoms with van der Waals surface area (Å²) in [4.78, 5) is 0. The molecular formula is C50H32O. The van der Waals surface area contributed by atoms with Crippen LogP contribution in [-0.2, 0) is 0 Å². The van der Waals surface area contributed by atoms with E-state index in [-0.39, 0.29) is 0 Å². The minimum absolute atomic E-state index is 0.917. The summed E-state index contributed by atoms with van der Waals surface area (Å²) in [6, 6.07) is 69.9. The number of hydrogen-bond donors (Lipinski definition) is 0. The van der Waals surface area contributed by atoms with Crippen LogP contribution < -0.4 is 0 Å². The minimum atomic E-state index is 0.917. The molecule has 1 nitrogen and oxygen atoms in total. The van der Waals surface area contributed by atoms with Gasteiger partial charge in [-0.15, -0.1) is 0 Å². The highest BCUT2D eigenvalue weighted by atomic mass is 16.3. The van der Waals surface area contributed by atoms with Crippen molar-refractivity contribution in [2.24, 2.45) is 0 Å². The summed E-state index contributed by atoms with van der Waals surface area (Å²) in [6.45, 7) is 0. The topological polar surface area (TPSA) is 13.1 Å². The van der Waals surface area contributed by atoms with Crippen molar-refractivity contribution in [3.8, 4) is 55.6 Å². The second-order valence-electron chi connectivity index (χ2n) is 13.2. The number of fused-ring (bicyclic) bond motifs is 5. The van der Waals surface area contributed by atoms with E-state index in [1.165, 1.54) is 66.1 Å². The lowest BCUT2D eigenvalue weighted by Crippen LogP contribution is -1.93. The molecule has 0 N–H and O–H groups in total. The molecule has 0 aliphatic carbocycles. The van der Waals surface area contributed by atoms with Crippen LogP contribution >= 0.6 is 0 Å². The molecule has 0 amide bonds. The molecule has 10 aromatic rings. The molecule has 1 heteroatoms. The Morgan fingerprint density at radius 3 is 1.33 bits per heavy atom. The van der Waals surface area contributed by atoms with Gasteiger partial charge in [-0.05, 0) is 77.7 Å².